The number of hydrogen-bond donors (Lipinski definition) is 3. The number of rotatable bonds is 4. The second kappa shape index (κ2) is 6.51. The lowest BCUT2D eigenvalue weighted by Crippen LogP contribution is -2.33. The van der Waals surface area contributed by atoms with Crippen LogP contribution in [0.2, 0.25) is 0 Å². The fourth-order valence-electron chi connectivity index (χ4n) is 1.98. The number of nitrogens with one attached hydrogen (secondary N) is 1. The number of carbonyl (C=O) groups excluding carboxylic acids is 1. The number of oxime groups is 1. The van der Waals surface area contributed by atoms with E-state index in [1.165, 1.54) is 0 Å². The zero-order valence-corrected chi connectivity index (χ0v) is 11.5. The molecule has 108 valence electrons. The Labute approximate surface area is 122 Å². The molecule has 0 radical (unpaired) electrons. The molecule has 0 saturated heterocycles. The number of amides is 1. The van der Waals surface area contributed by atoms with Gasteiger partial charge in [0.05, 0.1) is 11.4 Å². The predicted molar refractivity (Wildman–Crippen MR) is 80.2 cm³/mol. The van der Waals surface area contributed by atoms with Crippen molar-refractivity contribution in [1.82, 2.24) is 4.98 Å². The first-order chi connectivity index (χ1) is 10.1. The van der Waals surface area contributed by atoms with Crippen LogP contribution >= 0.6 is 0 Å². The quantitative estimate of drug-likeness (QED) is 0.345. The molecule has 2 rings (SSSR count). The Hall–Kier alpha value is -2.89. The summed E-state index contributed by atoms with van der Waals surface area (Å²) in [5.41, 5.74) is 7.59. The minimum Gasteiger partial charge on any atom is -0.409 e. The molecule has 1 atom stereocenters. The van der Waals surface area contributed by atoms with Gasteiger partial charge in [-0.3, -0.25) is 9.78 Å². The number of aryl methyl sites for hydroxylation is 1. The predicted octanol–water partition coefficient (Wildman–Crippen LogP) is 1.86. The van der Waals surface area contributed by atoms with Gasteiger partial charge in [-0.2, -0.15) is 0 Å². The largest absolute Gasteiger partial charge is 0.409 e. The number of hydrogen-bond acceptors (Lipinski definition) is 4. The van der Waals surface area contributed by atoms with Gasteiger partial charge in [0.1, 0.15) is 5.92 Å². The Morgan fingerprint density at radius 3 is 2.62 bits per heavy atom. The number of benzene rings is 1. The summed E-state index contributed by atoms with van der Waals surface area (Å²) in [5.74, 6) is -1.41. The molecule has 21 heavy (non-hydrogen) atoms. The van der Waals surface area contributed by atoms with Crippen LogP contribution < -0.4 is 11.1 Å². The third-order valence-electron chi connectivity index (χ3n) is 3.07. The first kappa shape index (κ1) is 14.5. The summed E-state index contributed by atoms with van der Waals surface area (Å²) in [6.07, 6.45) is 1.64. The number of amidine groups is 1. The van der Waals surface area contributed by atoms with Crippen molar-refractivity contribution in [2.45, 2.75) is 12.8 Å². The highest BCUT2D eigenvalue weighted by Gasteiger charge is 2.25. The van der Waals surface area contributed by atoms with Gasteiger partial charge in [0.2, 0.25) is 5.91 Å². The van der Waals surface area contributed by atoms with Crippen molar-refractivity contribution in [2.24, 2.45) is 10.9 Å². The molecule has 0 spiro atoms. The van der Waals surface area contributed by atoms with Gasteiger partial charge < -0.3 is 16.3 Å². The third kappa shape index (κ3) is 3.36. The van der Waals surface area contributed by atoms with Gasteiger partial charge in [-0.05, 0) is 24.6 Å². The number of nitrogens with zero attached hydrogens (tertiary/aromatic N) is 2. The summed E-state index contributed by atoms with van der Waals surface area (Å²) in [6.45, 7) is 1.79. The molecule has 2 aromatic rings. The number of pyridine rings is 1. The normalized spacial score (nSPS) is 12.7. The fraction of sp³-hybridized carbons (Fsp3) is 0.133. The molecule has 6 nitrogen and oxygen atoms in total. The lowest BCUT2D eigenvalue weighted by atomic mass is 9.97. The van der Waals surface area contributed by atoms with Crippen molar-refractivity contribution in [3.8, 4) is 0 Å². The summed E-state index contributed by atoms with van der Waals surface area (Å²) in [6, 6.07) is 12.4. The highest BCUT2D eigenvalue weighted by atomic mass is 16.4. The van der Waals surface area contributed by atoms with Crippen molar-refractivity contribution in [3.63, 3.8) is 0 Å². The zero-order chi connectivity index (χ0) is 15.2. The van der Waals surface area contributed by atoms with Crippen LogP contribution in [0.25, 0.3) is 0 Å². The van der Waals surface area contributed by atoms with Crippen molar-refractivity contribution in [2.75, 3.05) is 5.32 Å². The minimum absolute atomic E-state index is 0.166. The number of carbonyl (C=O) groups is 1. The average molecular weight is 284 g/mol. The maximum Gasteiger partial charge on any atom is 0.239 e. The zero-order valence-electron chi connectivity index (χ0n) is 11.5. The highest BCUT2D eigenvalue weighted by Crippen LogP contribution is 2.19. The van der Waals surface area contributed by atoms with Gasteiger partial charge in [0, 0.05) is 6.20 Å². The van der Waals surface area contributed by atoms with E-state index in [1.807, 2.05) is 6.07 Å². The molecule has 1 amide bonds. The van der Waals surface area contributed by atoms with E-state index in [-0.39, 0.29) is 11.7 Å². The molecule has 0 bridgehead atoms. The molecule has 0 fully saturated rings. The standard InChI is InChI=1S/C15H16N4O2/c1-10-12(8-5-9-17-10)18-15(20)13(14(16)19-21)11-6-3-2-4-7-11/h2-9,13,21H,1H3,(H2,16,19)(H,18,20). The van der Waals surface area contributed by atoms with E-state index < -0.39 is 5.92 Å². The monoisotopic (exact) mass is 284 g/mol. The molecule has 0 aliphatic rings. The summed E-state index contributed by atoms with van der Waals surface area (Å²) in [5, 5.41) is 14.6. The maximum atomic E-state index is 12.5. The first-order valence-electron chi connectivity index (χ1n) is 6.38. The van der Waals surface area contributed by atoms with Crippen LogP contribution in [-0.4, -0.2) is 21.9 Å². The Morgan fingerprint density at radius 2 is 2.00 bits per heavy atom. The lowest BCUT2D eigenvalue weighted by molar-refractivity contribution is -0.116. The molecule has 0 saturated carbocycles. The van der Waals surface area contributed by atoms with E-state index in [0.29, 0.717) is 16.9 Å². The van der Waals surface area contributed by atoms with Crippen LogP contribution in [0.3, 0.4) is 0 Å². The van der Waals surface area contributed by atoms with Crippen LogP contribution in [0, 0.1) is 6.92 Å². The van der Waals surface area contributed by atoms with Crippen LogP contribution in [0.5, 0.6) is 0 Å². The Bertz CT molecular complexity index is 656. The van der Waals surface area contributed by atoms with Gasteiger partial charge in [-0.15, -0.1) is 0 Å². The lowest BCUT2D eigenvalue weighted by Gasteiger charge is -2.16. The number of anilines is 1. The summed E-state index contributed by atoms with van der Waals surface area (Å²) < 4.78 is 0. The van der Waals surface area contributed by atoms with E-state index >= 15 is 0 Å². The van der Waals surface area contributed by atoms with Crippen molar-refractivity contribution < 1.29 is 10.0 Å². The van der Waals surface area contributed by atoms with E-state index in [1.54, 1.807) is 49.5 Å². The topological polar surface area (TPSA) is 101 Å². The maximum absolute atomic E-state index is 12.5. The Balaban J connectivity index is 2.30. The van der Waals surface area contributed by atoms with Crippen LogP contribution in [-0.2, 0) is 4.79 Å². The van der Waals surface area contributed by atoms with E-state index in [4.69, 9.17) is 10.9 Å². The molecule has 1 aromatic carbocycles. The second-order valence-electron chi connectivity index (χ2n) is 4.49. The summed E-state index contributed by atoms with van der Waals surface area (Å²) >= 11 is 0. The van der Waals surface area contributed by atoms with Gasteiger partial charge >= 0.3 is 0 Å². The van der Waals surface area contributed by atoms with E-state index in [9.17, 15) is 4.79 Å². The molecule has 1 heterocycles. The molecule has 6 heteroatoms. The smallest absolute Gasteiger partial charge is 0.239 e. The van der Waals surface area contributed by atoms with Gasteiger partial charge in [-0.25, -0.2) is 0 Å². The van der Waals surface area contributed by atoms with Crippen LogP contribution in [0.4, 0.5) is 5.69 Å². The fourth-order valence-corrected chi connectivity index (χ4v) is 1.98. The number of nitrogens with two attached hydrogens (primary N) is 1. The molecular formula is C15H16N4O2. The average Bonchev–Trinajstić information content (AvgIpc) is 2.50. The van der Waals surface area contributed by atoms with Gasteiger partial charge in [0.15, 0.2) is 5.84 Å². The molecule has 4 N–H and O–H groups in total. The minimum atomic E-state index is -0.865. The van der Waals surface area contributed by atoms with E-state index in [0.717, 1.165) is 0 Å². The highest BCUT2D eigenvalue weighted by molar-refractivity contribution is 6.12. The third-order valence-corrected chi connectivity index (χ3v) is 3.07. The SMILES string of the molecule is Cc1ncccc1NC(=O)C(C(N)=NO)c1ccccc1. The second-order valence-corrected chi connectivity index (χ2v) is 4.49. The molecule has 0 aliphatic heterocycles. The van der Waals surface area contributed by atoms with Crippen molar-refractivity contribution in [3.05, 3.63) is 59.9 Å². The van der Waals surface area contributed by atoms with E-state index in [2.05, 4.69) is 15.5 Å². The number of aromatic nitrogens is 1. The molecule has 1 unspecified atom stereocenters. The Morgan fingerprint density at radius 1 is 1.29 bits per heavy atom. The van der Waals surface area contributed by atoms with Crippen LogP contribution in [0.15, 0.2) is 53.8 Å². The van der Waals surface area contributed by atoms with Gasteiger partial charge in [-0.1, -0.05) is 35.5 Å². The molecule has 0 aliphatic carbocycles. The first-order valence-corrected chi connectivity index (χ1v) is 6.38. The van der Waals surface area contributed by atoms with Crippen LogP contribution in [0.1, 0.15) is 17.2 Å². The Kier molecular flexibility index (Phi) is 4.50. The van der Waals surface area contributed by atoms with Crippen molar-refractivity contribution in [1.29, 1.82) is 0 Å². The summed E-state index contributed by atoms with van der Waals surface area (Å²) in [7, 11) is 0. The molecule has 1 aromatic heterocycles. The van der Waals surface area contributed by atoms with Crippen molar-refractivity contribution >= 4 is 17.4 Å². The van der Waals surface area contributed by atoms with Gasteiger partial charge in [0.25, 0.3) is 0 Å². The summed E-state index contributed by atoms with van der Waals surface area (Å²) in [4.78, 5) is 16.6. The molecular weight excluding hydrogens is 268 g/mol.